The molecule has 0 aromatic heterocycles. The quantitative estimate of drug-likeness (QED) is 0.581. The van der Waals surface area contributed by atoms with Crippen LogP contribution in [-0.2, 0) is 0 Å². The summed E-state index contributed by atoms with van der Waals surface area (Å²) in [5.74, 6) is 1.37. The molecule has 1 aromatic carbocycles. The topological polar surface area (TPSA) is 35.5 Å². The molecule has 0 fully saturated rings. The number of carbonyl (C=O) groups excluding carboxylic acids is 1. The average molecular weight is 348 g/mol. The summed E-state index contributed by atoms with van der Waals surface area (Å²) >= 11 is 2.16. The number of aldehydes is 1. The lowest BCUT2D eigenvalue weighted by atomic mass is 10.2. The molecule has 0 radical (unpaired) electrons. The van der Waals surface area contributed by atoms with Crippen LogP contribution in [0.2, 0.25) is 0 Å². The van der Waals surface area contributed by atoms with Gasteiger partial charge in [0.15, 0.2) is 11.5 Å². The van der Waals surface area contributed by atoms with Gasteiger partial charge in [-0.3, -0.25) is 4.79 Å². The number of rotatable bonds is 6. The van der Waals surface area contributed by atoms with E-state index in [1.807, 2.05) is 13.8 Å². The van der Waals surface area contributed by atoms with Crippen LogP contribution in [0.1, 0.15) is 37.6 Å². The molecule has 0 bridgehead atoms. The smallest absolute Gasteiger partial charge is 0.174 e. The Balaban J connectivity index is 3.11. The molecule has 0 unspecified atom stereocenters. The van der Waals surface area contributed by atoms with Crippen LogP contribution in [0.4, 0.5) is 0 Å². The molecule has 94 valence electrons. The van der Waals surface area contributed by atoms with Crippen molar-refractivity contribution >= 4 is 28.9 Å². The van der Waals surface area contributed by atoms with E-state index in [-0.39, 0.29) is 6.10 Å². The third kappa shape index (κ3) is 3.87. The first-order valence-electron chi connectivity index (χ1n) is 5.70. The van der Waals surface area contributed by atoms with Crippen molar-refractivity contribution in [3.63, 3.8) is 0 Å². The SMILES string of the molecule is CCOc1cc(C=O)cc(I)c1O[C@@H](C)CC. The van der Waals surface area contributed by atoms with Gasteiger partial charge in [-0.2, -0.15) is 0 Å². The molecule has 0 aliphatic carbocycles. The van der Waals surface area contributed by atoms with Gasteiger partial charge in [0.2, 0.25) is 0 Å². The molecular formula is C13H17IO3. The Morgan fingerprint density at radius 3 is 2.65 bits per heavy atom. The van der Waals surface area contributed by atoms with E-state index in [0.717, 1.165) is 22.0 Å². The fourth-order valence-electron chi connectivity index (χ4n) is 1.32. The van der Waals surface area contributed by atoms with E-state index in [0.29, 0.717) is 17.9 Å². The molecule has 1 aromatic rings. The fraction of sp³-hybridized carbons (Fsp3) is 0.462. The Labute approximate surface area is 116 Å². The number of hydrogen-bond acceptors (Lipinski definition) is 3. The van der Waals surface area contributed by atoms with E-state index in [4.69, 9.17) is 9.47 Å². The minimum absolute atomic E-state index is 0.129. The summed E-state index contributed by atoms with van der Waals surface area (Å²) in [6.07, 6.45) is 1.87. The van der Waals surface area contributed by atoms with Crippen LogP contribution in [0.25, 0.3) is 0 Å². The summed E-state index contributed by atoms with van der Waals surface area (Å²) < 4.78 is 12.2. The maximum absolute atomic E-state index is 10.8. The van der Waals surface area contributed by atoms with Crippen LogP contribution in [0.3, 0.4) is 0 Å². The normalized spacial score (nSPS) is 12.0. The highest BCUT2D eigenvalue weighted by molar-refractivity contribution is 14.1. The Kier molecular flexibility index (Phi) is 5.74. The highest BCUT2D eigenvalue weighted by atomic mass is 127. The van der Waals surface area contributed by atoms with Crippen LogP contribution >= 0.6 is 22.6 Å². The van der Waals surface area contributed by atoms with Crippen molar-refractivity contribution in [2.24, 2.45) is 0 Å². The molecule has 0 aliphatic heterocycles. The standard InChI is InChI=1S/C13H17IO3/c1-4-9(3)17-13-11(14)6-10(8-15)7-12(13)16-5-2/h6-9H,4-5H2,1-3H3/t9-/m0/s1. The number of benzene rings is 1. The van der Waals surface area contributed by atoms with Gasteiger partial charge in [0, 0.05) is 5.56 Å². The molecule has 1 rings (SSSR count). The first-order valence-corrected chi connectivity index (χ1v) is 6.78. The highest BCUT2D eigenvalue weighted by Crippen LogP contribution is 2.34. The monoisotopic (exact) mass is 348 g/mol. The van der Waals surface area contributed by atoms with Crippen LogP contribution in [0, 0.1) is 3.57 Å². The van der Waals surface area contributed by atoms with Crippen LogP contribution in [-0.4, -0.2) is 19.0 Å². The molecule has 0 spiro atoms. The molecule has 0 amide bonds. The third-order valence-corrected chi connectivity index (χ3v) is 3.16. The second-order valence-corrected chi connectivity index (χ2v) is 4.88. The summed E-state index contributed by atoms with van der Waals surface area (Å²) in [5.41, 5.74) is 0.606. The van der Waals surface area contributed by atoms with Crippen molar-refractivity contribution in [3.05, 3.63) is 21.3 Å². The summed E-state index contributed by atoms with van der Waals surface area (Å²) in [6, 6.07) is 3.52. The van der Waals surface area contributed by atoms with Gasteiger partial charge < -0.3 is 9.47 Å². The molecule has 17 heavy (non-hydrogen) atoms. The number of halogens is 1. The summed E-state index contributed by atoms with van der Waals surface area (Å²) in [6.45, 7) is 6.54. The van der Waals surface area contributed by atoms with Crippen LogP contribution in [0.5, 0.6) is 11.5 Å². The summed E-state index contributed by atoms with van der Waals surface area (Å²) in [5, 5.41) is 0. The minimum atomic E-state index is 0.129. The van der Waals surface area contributed by atoms with Gasteiger partial charge in [-0.15, -0.1) is 0 Å². The Morgan fingerprint density at radius 2 is 2.12 bits per heavy atom. The molecule has 0 heterocycles. The zero-order valence-corrected chi connectivity index (χ0v) is 12.5. The van der Waals surface area contributed by atoms with E-state index in [9.17, 15) is 4.79 Å². The predicted molar refractivity (Wildman–Crippen MR) is 76.1 cm³/mol. The predicted octanol–water partition coefficient (Wildman–Crippen LogP) is 3.68. The Bertz CT molecular complexity index is 390. The second kappa shape index (κ2) is 6.83. The lowest BCUT2D eigenvalue weighted by Crippen LogP contribution is -2.12. The molecule has 0 aliphatic rings. The number of ether oxygens (including phenoxy) is 2. The first-order chi connectivity index (χ1) is 8.12. The van der Waals surface area contributed by atoms with Gasteiger partial charge in [-0.1, -0.05) is 6.92 Å². The lowest BCUT2D eigenvalue weighted by Gasteiger charge is -2.18. The zero-order chi connectivity index (χ0) is 12.8. The van der Waals surface area contributed by atoms with Crippen molar-refractivity contribution in [2.45, 2.75) is 33.3 Å². The maximum Gasteiger partial charge on any atom is 0.174 e. The third-order valence-electron chi connectivity index (χ3n) is 2.36. The van der Waals surface area contributed by atoms with Gasteiger partial charge in [0.05, 0.1) is 16.3 Å². The summed E-state index contributed by atoms with van der Waals surface area (Å²) in [4.78, 5) is 10.8. The Morgan fingerprint density at radius 1 is 1.41 bits per heavy atom. The van der Waals surface area contributed by atoms with E-state index >= 15 is 0 Å². The van der Waals surface area contributed by atoms with Crippen molar-refractivity contribution in [2.75, 3.05) is 6.61 Å². The minimum Gasteiger partial charge on any atom is -0.490 e. The van der Waals surface area contributed by atoms with Crippen LogP contribution < -0.4 is 9.47 Å². The second-order valence-electron chi connectivity index (χ2n) is 3.72. The number of hydrogen-bond donors (Lipinski definition) is 0. The van der Waals surface area contributed by atoms with Crippen LogP contribution in [0.15, 0.2) is 12.1 Å². The molecule has 0 saturated carbocycles. The molecule has 0 saturated heterocycles. The van der Waals surface area contributed by atoms with Crippen molar-refractivity contribution in [1.29, 1.82) is 0 Å². The van der Waals surface area contributed by atoms with Gasteiger partial charge in [-0.25, -0.2) is 0 Å². The lowest BCUT2D eigenvalue weighted by molar-refractivity contribution is 0.112. The van der Waals surface area contributed by atoms with E-state index in [2.05, 4.69) is 29.5 Å². The van der Waals surface area contributed by atoms with Gasteiger partial charge in [0.1, 0.15) is 6.29 Å². The molecule has 4 heteroatoms. The van der Waals surface area contributed by atoms with Gasteiger partial charge in [0.25, 0.3) is 0 Å². The fourth-order valence-corrected chi connectivity index (χ4v) is 2.07. The number of carbonyl (C=O) groups is 1. The maximum atomic E-state index is 10.8. The summed E-state index contributed by atoms with van der Waals surface area (Å²) in [7, 11) is 0. The molecular weight excluding hydrogens is 331 g/mol. The molecule has 1 atom stereocenters. The van der Waals surface area contributed by atoms with E-state index in [1.165, 1.54) is 0 Å². The van der Waals surface area contributed by atoms with Crippen molar-refractivity contribution < 1.29 is 14.3 Å². The van der Waals surface area contributed by atoms with Crippen molar-refractivity contribution in [1.82, 2.24) is 0 Å². The largest absolute Gasteiger partial charge is 0.490 e. The zero-order valence-electron chi connectivity index (χ0n) is 10.3. The molecule has 3 nitrogen and oxygen atoms in total. The highest BCUT2D eigenvalue weighted by Gasteiger charge is 2.14. The van der Waals surface area contributed by atoms with Gasteiger partial charge in [-0.05, 0) is 55.0 Å². The molecule has 0 N–H and O–H groups in total. The van der Waals surface area contributed by atoms with Crippen molar-refractivity contribution in [3.8, 4) is 11.5 Å². The Hall–Kier alpha value is -0.780. The average Bonchev–Trinajstić information content (AvgIpc) is 2.33. The first kappa shape index (κ1) is 14.3. The van der Waals surface area contributed by atoms with E-state index < -0.39 is 0 Å². The van der Waals surface area contributed by atoms with Gasteiger partial charge >= 0.3 is 0 Å². The van der Waals surface area contributed by atoms with E-state index in [1.54, 1.807) is 12.1 Å².